The van der Waals surface area contributed by atoms with Gasteiger partial charge in [-0.25, -0.2) is 4.39 Å². The summed E-state index contributed by atoms with van der Waals surface area (Å²) in [4.78, 5) is 0. The molecule has 1 unspecified atom stereocenters. The first-order valence-corrected chi connectivity index (χ1v) is 5.30. The number of halogens is 1. The van der Waals surface area contributed by atoms with Gasteiger partial charge in [0.1, 0.15) is 0 Å². The standard InChI is InChI=1S/C10H18FNO2/c1-6(11)4-7-9(14)8(13)5-12-10(7)2-3-10/h6-9,12-14H,2-5H2,1H3/t6?,7-,8-,9-/m1/s1. The molecule has 0 aromatic rings. The first-order valence-electron chi connectivity index (χ1n) is 5.30. The lowest BCUT2D eigenvalue weighted by molar-refractivity contribution is -0.0646. The Morgan fingerprint density at radius 1 is 1.50 bits per heavy atom. The van der Waals surface area contributed by atoms with Gasteiger partial charge < -0.3 is 15.5 Å². The molecule has 1 saturated heterocycles. The third-order valence-electron chi connectivity index (χ3n) is 3.55. The average molecular weight is 203 g/mol. The molecule has 0 bridgehead atoms. The van der Waals surface area contributed by atoms with Crippen LogP contribution >= 0.6 is 0 Å². The fourth-order valence-electron chi connectivity index (χ4n) is 2.55. The third-order valence-corrected chi connectivity index (χ3v) is 3.55. The minimum Gasteiger partial charge on any atom is -0.390 e. The van der Waals surface area contributed by atoms with Crippen molar-refractivity contribution in [3.8, 4) is 0 Å². The number of nitrogens with one attached hydrogen (secondary N) is 1. The quantitative estimate of drug-likeness (QED) is 0.601. The molecule has 82 valence electrons. The molecule has 1 aliphatic carbocycles. The van der Waals surface area contributed by atoms with Crippen LogP contribution in [0, 0.1) is 5.92 Å². The third kappa shape index (κ3) is 1.66. The number of hydrogen-bond acceptors (Lipinski definition) is 3. The van der Waals surface area contributed by atoms with Crippen molar-refractivity contribution in [3.63, 3.8) is 0 Å². The molecule has 0 radical (unpaired) electrons. The second-order valence-electron chi connectivity index (χ2n) is 4.72. The molecular weight excluding hydrogens is 185 g/mol. The van der Waals surface area contributed by atoms with Crippen molar-refractivity contribution < 1.29 is 14.6 Å². The molecule has 1 saturated carbocycles. The zero-order valence-corrected chi connectivity index (χ0v) is 8.41. The zero-order chi connectivity index (χ0) is 10.3. The van der Waals surface area contributed by atoms with Crippen LogP contribution in [0.5, 0.6) is 0 Å². The van der Waals surface area contributed by atoms with Crippen LogP contribution in [0.25, 0.3) is 0 Å². The van der Waals surface area contributed by atoms with Gasteiger partial charge in [-0.05, 0) is 26.2 Å². The summed E-state index contributed by atoms with van der Waals surface area (Å²) in [6.45, 7) is 1.93. The maximum Gasteiger partial charge on any atom is 0.0977 e. The van der Waals surface area contributed by atoms with E-state index in [-0.39, 0.29) is 11.5 Å². The van der Waals surface area contributed by atoms with Crippen molar-refractivity contribution in [2.24, 2.45) is 5.92 Å². The molecule has 0 aromatic carbocycles. The number of hydrogen-bond donors (Lipinski definition) is 3. The fraction of sp³-hybridized carbons (Fsp3) is 1.00. The van der Waals surface area contributed by atoms with Gasteiger partial charge in [0.2, 0.25) is 0 Å². The molecule has 4 atom stereocenters. The van der Waals surface area contributed by atoms with Crippen LogP contribution in [-0.2, 0) is 0 Å². The van der Waals surface area contributed by atoms with Crippen molar-refractivity contribution in [2.45, 2.75) is 50.1 Å². The molecule has 0 aromatic heterocycles. The van der Waals surface area contributed by atoms with Gasteiger partial charge in [-0.1, -0.05) is 0 Å². The smallest absolute Gasteiger partial charge is 0.0977 e. The van der Waals surface area contributed by atoms with Crippen LogP contribution in [0.15, 0.2) is 0 Å². The topological polar surface area (TPSA) is 52.5 Å². The highest BCUT2D eigenvalue weighted by molar-refractivity contribution is 5.12. The van der Waals surface area contributed by atoms with Gasteiger partial charge in [-0.2, -0.15) is 0 Å². The first-order chi connectivity index (χ1) is 6.55. The Hall–Kier alpha value is -0.190. The van der Waals surface area contributed by atoms with Gasteiger partial charge in [-0.15, -0.1) is 0 Å². The normalized spacial score (nSPS) is 42.4. The van der Waals surface area contributed by atoms with Crippen molar-refractivity contribution in [2.75, 3.05) is 6.54 Å². The van der Waals surface area contributed by atoms with Crippen LogP contribution in [0.2, 0.25) is 0 Å². The highest BCUT2D eigenvalue weighted by Crippen LogP contribution is 2.48. The predicted molar refractivity (Wildman–Crippen MR) is 50.7 cm³/mol. The van der Waals surface area contributed by atoms with E-state index in [1.807, 2.05) is 0 Å². The van der Waals surface area contributed by atoms with Gasteiger partial charge in [0.15, 0.2) is 0 Å². The molecule has 3 nitrogen and oxygen atoms in total. The Morgan fingerprint density at radius 2 is 2.14 bits per heavy atom. The lowest BCUT2D eigenvalue weighted by Gasteiger charge is -2.40. The van der Waals surface area contributed by atoms with Crippen LogP contribution in [-0.4, -0.2) is 40.7 Å². The van der Waals surface area contributed by atoms with E-state index in [0.29, 0.717) is 13.0 Å². The molecule has 1 aliphatic heterocycles. The van der Waals surface area contributed by atoms with Gasteiger partial charge in [0, 0.05) is 18.0 Å². The van der Waals surface area contributed by atoms with Crippen molar-refractivity contribution in [1.29, 1.82) is 0 Å². The van der Waals surface area contributed by atoms with E-state index in [2.05, 4.69) is 5.32 Å². The molecule has 2 fully saturated rings. The zero-order valence-electron chi connectivity index (χ0n) is 8.41. The monoisotopic (exact) mass is 203 g/mol. The summed E-state index contributed by atoms with van der Waals surface area (Å²) in [7, 11) is 0. The predicted octanol–water partition coefficient (Wildman–Crippen LogP) is 0.208. The number of β-amino-alcohol motifs (C(OH)–C–C–N with tert-alkyl or cyclic N) is 1. The Labute approximate surface area is 83.3 Å². The van der Waals surface area contributed by atoms with Crippen molar-refractivity contribution in [1.82, 2.24) is 5.32 Å². The number of piperidine rings is 1. The maximum absolute atomic E-state index is 12.9. The summed E-state index contributed by atoms with van der Waals surface area (Å²) in [5.74, 6) is -0.133. The van der Waals surface area contributed by atoms with E-state index in [1.54, 1.807) is 0 Å². The van der Waals surface area contributed by atoms with E-state index in [1.165, 1.54) is 6.92 Å². The average Bonchev–Trinajstić information content (AvgIpc) is 2.88. The SMILES string of the molecule is CC(F)C[C@@H]1[C@@H](O)[C@H](O)CNC12CC2. The molecular formula is C10H18FNO2. The second kappa shape index (κ2) is 3.43. The van der Waals surface area contributed by atoms with E-state index in [9.17, 15) is 14.6 Å². The van der Waals surface area contributed by atoms with E-state index in [4.69, 9.17) is 0 Å². The molecule has 0 amide bonds. The number of aliphatic hydroxyl groups excluding tert-OH is 2. The lowest BCUT2D eigenvalue weighted by Crippen LogP contribution is -2.58. The van der Waals surface area contributed by atoms with Crippen LogP contribution in [0.1, 0.15) is 26.2 Å². The Bertz CT molecular complexity index is 218. The second-order valence-corrected chi connectivity index (χ2v) is 4.72. The molecule has 14 heavy (non-hydrogen) atoms. The summed E-state index contributed by atoms with van der Waals surface area (Å²) in [5.41, 5.74) is -0.0704. The van der Waals surface area contributed by atoms with Gasteiger partial charge in [0.05, 0.1) is 18.4 Å². The van der Waals surface area contributed by atoms with Gasteiger partial charge >= 0.3 is 0 Å². The molecule has 1 spiro atoms. The molecule has 2 aliphatic rings. The Balaban J connectivity index is 2.07. The fourth-order valence-corrected chi connectivity index (χ4v) is 2.55. The van der Waals surface area contributed by atoms with Crippen LogP contribution < -0.4 is 5.32 Å². The number of alkyl halides is 1. The minimum atomic E-state index is -0.917. The Morgan fingerprint density at radius 3 is 2.64 bits per heavy atom. The van der Waals surface area contributed by atoms with E-state index >= 15 is 0 Å². The minimum absolute atomic E-state index is 0.0704. The summed E-state index contributed by atoms with van der Waals surface area (Å²) in [6.07, 6.45) is -0.103. The highest BCUT2D eigenvalue weighted by atomic mass is 19.1. The van der Waals surface area contributed by atoms with Gasteiger partial charge in [-0.3, -0.25) is 0 Å². The molecule has 4 heteroatoms. The largest absolute Gasteiger partial charge is 0.390 e. The van der Waals surface area contributed by atoms with Crippen molar-refractivity contribution in [3.05, 3.63) is 0 Å². The summed E-state index contributed by atoms with van der Waals surface area (Å²) in [5, 5.41) is 22.5. The van der Waals surface area contributed by atoms with Crippen molar-refractivity contribution >= 4 is 0 Å². The van der Waals surface area contributed by atoms with E-state index in [0.717, 1.165) is 12.8 Å². The number of rotatable bonds is 2. The maximum atomic E-state index is 12.9. The lowest BCUT2D eigenvalue weighted by atomic mass is 9.81. The van der Waals surface area contributed by atoms with Crippen LogP contribution in [0.3, 0.4) is 0 Å². The van der Waals surface area contributed by atoms with Crippen LogP contribution in [0.4, 0.5) is 4.39 Å². The van der Waals surface area contributed by atoms with E-state index < -0.39 is 18.4 Å². The summed E-state index contributed by atoms with van der Waals surface area (Å²) >= 11 is 0. The number of aliphatic hydroxyl groups is 2. The van der Waals surface area contributed by atoms with Gasteiger partial charge in [0.25, 0.3) is 0 Å². The summed E-state index contributed by atoms with van der Waals surface area (Å²) < 4.78 is 12.9. The highest BCUT2D eigenvalue weighted by Gasteiger charge is 2.55. The molecule has 3 N–H and O–H groups in total. The molecule has 2 rings (SSSR count). The Kier molecular flexibility index (Phi) is 2.53. The molecule has 1 heterocycles. The first kappa shape index (κ1) is 10.3. The summed E-state index contributed by atoms with van der Waals surface area (Å²) in [6, 6.07) is 0.